The first-order valence-electron chi connectivity index (χ1n) is 12.4. The normalized spacial score (nSPS) is 15.4. The highest BCUT2D eigenvalue weighted by atomic mass is 16.6. The lowest BCUT2D eigenvalue weighted by atomic mass is 10.1. The smallest absolute Gasteiger partial charge is 0.408 e. The fraction of sp³-hybridized carbons (Fsp3) is 0.429. The zero-order valence-corrected chi connectivity index (χ0v) is 21.5. The summed E-state index contributed by atoms with van der Waals surface area (Å²) >= 11 is 0. The Balaban J connectivity index is 1.28. The molecule has 1 aliphatic heterocycles. The molecule has 0 aliphatic carbocycles. The van der Waals surface area contributed by atoms with Gasteiger partial charge in [-0.25, -0.2) is 4.79 Å². The molecule has 36 heavy (non-hydrogen) atoms. The number of nitriles is 1. The quantitative estimate of drug-likeness (QED) is 0.494. The van der Waals surface area contributed by atoms with Gasteiger partial charge < -0.3 is 24.7 Å². The Morgan fingerprint density at radius 1 is 1.14 bits per heavy atom. The first-order valence-corrected chi connectivity index (χ1v) is 12.4. The van der Waals surface area contributed by atoms with E-state index in [1.807, 2.05) is 76.4 Å². The Morgan fingerprint density at radius 2 is 1.86 bits per heavy atom. The summed E-state index contributed by atoms with van der Waals surface area (Å²) in [5.74, 6) is 0.809. The number of nitrogens with one attached hydrogen (secondary N) is 2. The van der Waals surface area contributed by atoms with Crippen LogP contribution in [0.4, 0.5) is 10.5 Å². The monoisotopic (exact) mass is 489 g/mol. The van der Waals surface area contributed by atoms with Crippen LogP contribution in [0.15, 0.2) is 48.7 Å². The van der Waals surface area contributed by atoms with Crippen LogP contribution in [0.3, 0.4) is 0 Å². The van der Waals surface area contributed by atoms with Crippen molar-refractivity contribution >= 4 is 22.7 Å². The van der Waals surface area contributed by atoms with Crippen LogP contribution in [-0.2, 0) is 4.74 Å². The van der Waals surface area contributed by atoms with Crippen molar-refractivity contribution in [1.29, 1.82) is 5.26 Å². The zero-order chi connectivity index (χ0) is 25.7. The maximum Gasteiger partial charge on any atom is 0.408 e. The summed E-state index contributed by atoms with van der Waals surface area (Å²) in [6, 6.07) is 15.7. The third-order valence-electron chi connectivity index (χ3n) is 6.30. The van der Waals surface area contributed by atoms with Crippen molar-refractivity contribution in [2.24, 2.45) is 0 Å². The van der Waals surface area contributed by atoms with Gasteiger partial charge in [-0.15, -0.1) is 0 Å². The highest BCUT2D eigenvalue weighted by Crippen LogP contribution is 2.28. The summed E-state index contributed by atoms with van der Waals surface area (Å²) in [5.41, 5.74) is 3.29. The van der Waals surface area contributed by atoms with Crippen LogP contribution in [0.5, 0.6) is 5.75 Å². The number of nitrogens with zero attached hydrogens (tertiary/aromatic N) is 3. The average Bonchev–Trinajstić information content (AvgIpc) is 3.27. The van der Waals surface area contributed by atoms with E-state index in [1.165, 1.54) is 0 Å². The number of amides is 1. The summed E-state index contributed by atoms with van der Waals surface area (Å²) in [7, 11) is 0. The second-order valence-corrected chi connectivity index (χ2v) is 10.2. The Hall–Kier alpha value is -3.70. The second-order valence-electron chi connectivity index (χ2n) is 10.2. The number of ether oxygens (including phenoxy) is 2. The van der Waals surface area contributed by atoms with Gasteiger partial charge in [0, 0.05) is 55.5 Å². The summed E-state index contributed by atoms with van der Waals surface area (Å²) in [6.07, 6.45) is 1.49. The van der Waals surface area contributed by atoms with E-state index in [9.17, 15) is 4.79 Å². The van der Waals surface area contributed by atoms with Gasteiger partial charge in [-0.3, -0.25) is 4.90 Å². The van der Waals surface area contributed by atoms with Gasteiger partial charge in [0.15, 0.2) is 0 Å². The first-order chi connectivity index (χ1) is 17.2. The van der Waals surface area contributed by atoms with E-state index in [4.69, 9.17) is 14.7 Å². The van der Waals surface area contributed by atoms with Crippen LogP contribution in [0.2, 0.25) is 0 Å². The van der Waals surface area contributed by atoms with Crippen molar-refractivity contribution in [2.45, 2.75) is 39.3 Å². The van der Waals surface area contributed by atoms with Crippen molar-refractivity contribution in [3.05, 3.63) is 59.8 Å². The average molecular weight is 490 g/mol. The number of rotatable bonds is 7. The summed E-state index contributed by atoms with van der Waals surface area (Å²) < 4.78 is 11.5. The number of hydrogen-bond acceptors (Lipinski definition) is 6. The number of anilines is 1. The number of carbonyl (C=O) groups is 1. The molecule has 1 atom stereocenters. The number of hydrogen-bond donors (Lipinski definition) is 2. The van der Waals surface area contributed by atoms with Gasteiger partial charge >= 0.3 is 6.09 Å². The number of piperazine rings is 1. The Bertz CT molecular complexity index is 1210. The van der Waals surface area contributed by atoms with Gasteiger partial charge in [0.2, 0.25) is 0 Å². The van der Waals surface area contributed by atoms with E-state index in [1.54, 1.807) is 0 Å². The maximum atomic E-state index is 12.2. The fourth-order valence-electron chi connectivity index (χ4n) is 4.40. The van der Waals surface area contributed by atoms with Gasteiger partial charge in [-0.05, 0) is 75.7 Å². The van der Waals surface area contributed by atoms with Gasteiger partial charge in [0.05, 0.1) is 17.7 Å². The molecule has 8 nitrogen and oxygen atoms in total. The van der Waals surface area contributed by atoms with Crippen LogP contribution >= 0.6 is 0 Å². The molecule has 1 fully saturated rings. The van der Waals surface area contributed by atoms with Crippen LogP contribution < -0.4 is 15.0 Å². The Kier molecular flexibility index (Phi) is 7.70. The maximum absolute atomic E-state index is 12.2. The van der Waals surface area contributed by atoms with E-state index in [2.05, 4.69) is 26.2 Å². The molecule has 1 unspecified atom stereocenters. The van der Waals surface area contributed by atoms with E-state index in [0.717, 1.165) is 60.6 Å². The van der Waals surface area contributed by atoms with E-state index in [0.29, 0.717) is 12.2 Å². The lowest BCUT2D eigenvalue weighted by Gasteiger charge is -2.36. The topological polar surface area (TPSA) is 93.6 Å². The molecule has 1 amide bonds. The zero-order valence-electron chi connectivity index (χ0n) is 21.5. The third-order valence-corrected chi connectivity index (χ3v) is 6.30. The molecule has 0 radical (unpaired) electrons. The predicted molar refractivity (Wildman–Crippen MR) is 141 cm³/mol. The standard InChI is InChI=1S/C28H35N5O3/c1-20(31-27(34)36-28(2,3)4)25-19-30-26-10-9-23(17-24(25)26)35-16-15-32-11-13-33(14-12-32)22-7-5-21(18-29)6-8-22/h5-10,17,19-20,30H,11-16H2,1-4H3,(H,31,34). The lowest BCUT2D eigenvalue weighted by molar-refractivity contribution is 0.0508. The number of alkyl carbamates (subject to hydrolysis) is 1. The van der Waals surface area contributed by atoms with Gasteiger partial charge in [0.25, 0.3) is 0 Å². The second kappa shape index (κ2) is 10.9. The summed E-state index contributed by atoms with van der Waals surface area (Å²) in [6.45, 7) is 12.8. The first kappa shape index (κ1) is 25.4. The van der Waals surface area contributed by atoms with Crippen LogP contribution in [-0.4, -0.2) is 60.9 Å². The molecule has 0 bridgehead atoms. The number of H-pyrrole nitrogens is 1. The van der Waals surface area contributed by atoms with Crippen molar-refractivity contribution in [3.8, 4) is 11.8 Å². The Labute approximate surface area is 212 Å². The number of benzene rings is 2. The van der Waals surface area contributed by atoms with Crippen molar-refractivity contribution in [2.75, 3.05) is 44.2 Å². The SMILES string of the molecule is CC(NC(=O)OC(C)(C)C)c1c[nH]c2ccc(OCCN3CCN(c4ccc(C#N)cc4)CC3)cc12. The minimum absolute atomic E-state index is 0.212. The molecule has 2 N–H and O–H groups in total. The minimum atomic E-state index is -0.540. The highest BCUT2D eigenvalue weighted by molar-refractivity contribution is 5.85. The molecule has 0 saturated carbocycles. The molecule has 2 aromatic carbocycles. The van der Waals surface area contributed by atoms with Crippen molar-refractivity contribution < 1.29 is 14.3 Å². The van der Waals surface area contributed by atoms with Gasteiger partial charge in [-0.2, -0.15) is 5.26 Å². The van der Waals surface area contributed by atoms with Crippen LogP contribution in [0.1, 0.15) is 44.9 Å². The molecule has 1 aromatic heterocycles. The molecule has 190 valence electrons. The molecule has 2 heterocycles. The van der Waals surface area contributed by atoms with E-state index in [-0.39, 0.29) is 6.04 Å². The number of fused-ring (bicyclic) bond motifs is 1. The largest absolute Gasteiger partial charge is 0.492 e. The summed E-state index contributed by atoms with van der Waals surface area (Å²) in [5, 5.41) is 12.9. The molecule has 4 rings (SSSR count). The number of aromatic nitrogens is 1. The van der Waals surface area contributed by atoms with Gasteiger partial charge in [-0.1, -0.05) is 0 Å². The highest BCUT2D eigenvalue weighted by Gasteiger charge is 2.20. The third kappa shape index (κ3) is 6.49. The van der Waals surface area contributed by atoms with E-state index >= 15 is 0 Å². The van der Waals surface area contributed by atoms with Crippen LogP contribution in [0.25, 0.3) is 10.9 Å². The van der Waals surface area contributed by atoms with Gasteiger partial charge in [0.1, 0.15) is 18.0 Å². The Morgan fingerprint density at radius 3 is 2.53 bits per heavy atom. The molecule has 3 aromatic rings. The molecule has 1 aliphatic rings. The van der Waals surface area contributed by atoms with Crippen molar-refractivity contribution in [1.82, 2.24) is 15.2 Å². The number of aromatic amines is 1. The molecule has 0 spiro atoms. The molecular formula is C28H35N5O3. The molecule has 8 heteroatoms. The lowest BCUT2D eigenvalue weighted by Crippen LogP contribution is -2.47. The van der Waals surface area contributed by atoms with Crippen molar-refractivity contribution in [3.63, 3.8) is 0 Å². The molecular weight excluding hydrogens is 454 g/mol. The molecule has 1 saturated heterocycles. The fourth-order valence-corrected chi connectivity index (χ4v) is 4.40. The number of carbonyl (C=O) groups excluding carboxylic acids is 1. The minimum Gasteiger partial charge on any atom is -0.492 e. The van der Waals surface area contributed by atoms with E-state index < -0.39 is 11.7 Å². The van der Waals surface area contributed by atoms with Crippen LogP contribution in [0, 0.1) is 11.3 Å². The predicted octanol–water partition coefficient (Wildman–Crippen LogP) is 4.83. The summed E-state index contributed by atoms with van der Waals surface area (Å²) in [4.78, 5) is 20.2.